The van der Waals surface area contributed by atoms with Crippen molar-refractivity contribution in [1.82, 2.24) is 15.0 Å². The highest BCUT2D eigenvalue weighted by atomic mass is 19.4. The number of piperazine rings is 1. The van der Waals surface area contributed by atoms with Gasteiger partial charge >= 0.3 is 6.18 Å². The lowest BCUT2D eigenvalue weighted by molar-refractivity contribution is -0.144. The molecule has 6 nitrogen and oxygen atoms in total. The van der Waals surface area contributed by atoms with Crippen LogP contribution in [-0.4, -0.2) is 60.3 Å². The molecule has 0 unspecified atom stereocenters. The van der Waals surface area contributed by atoms with E-state index in [0.717, 1.165) is 29.2 Å². The largest absolute Gasteiger partial charge is 0.416 e. The van der Waals surface area contributed by atoms with Gasteiger partial charge in [0.1, 0.15) is 5.76 Å². The van der Waals surface area contributed by atoms with Gasteiger partial charge in [-0.05, 0) is 38.3 Å². The molecule has 174 valence electrons. The van der Waals surface area contributed by atoms with Crippen LogP contribution in [0.5, 0.6) is 0 Å². The van der Waals surface area contributed by atoms with Gasteiger partial charge in [-0.1, -0.05) is 23.4 Å². The zero-order valence-electron chi connectivity index (χ0n) is 18.4. The van der Waals surface area contributed by atoms with Crippen molar-refractivity contribution in [2.45, 2.75) is 44.8 Å². The van der Waals surface area contributed by atoms with Gasteiger partial charge in [0.15, 0.2) is 0 Å². The molecular weight excluding hydrogens is 423 g/mol. The number of hydrogen-bond donors (Lipinski definition) is 0. The molecule has 0 spiro atoms. The van der Waals surface area contributed by atoms with E-state index >= 15 is 0 Å². The lowest BCUT2D eigenvalue weighted by atomic mass is 9.72. The lowest BCUT2D eigenvalue weighted by Crippen LogP contribution is -2.55. The summed E-state index contributed by atoms with van der Waals surface area (Å²) in [6.45, 7) is 7.65. The summed E-state index contributed by atoms with van der Waals surface area (Å²) in [4.78, 5) is 17.8. The van der Waals surface area contributed by atoms with E-state index in [1.54, 1.807) is 11.0 Å². The van der Waals surface area contributed by atoms with Gasteiger partial charge in [0.2, 0.25) is 5.91 Å². The van der Waals surface area contributed by atoms with Gasteiger partial charge in [-0.25, -0.2) is 0 Å². The highest BCUT2D eigenvalue weighted by molar-refractivity contribution is 5.88. The molecule has 1 aromatic heterocycles. The maximum absolute atomic E-state index is 13.7. The number of aromatic nitrogens is 1. The minimum absolute atomic E-state index is 0.0999. The minimum atomic E-state index is -4.45. The normalized spacial score (nSPS) is 19.8. The molecule has 0 aliphatic carbocycles. The molecule has 3 heterocycles. The van der Waals surface area contributed by atoms with Crippen molar-refractivity contribution < 1.29 is 27.2 Å². The second kappa shape index (κ2) is 8.86. The zero-order valence-corrected chi connectivity index (χ0v) is 18.4. The van der Waals surface area contributed by atoms with Crippen molar-refractivity contribution in [3.63, 3.8) is 0 Å². The molecule has 0 N–H and O–H groups in total. The van der Waals surface area contributed by atoms with Crippen LogP contribution < -0.4 is 0 Å². The number of hydrogen-bond acceptors (Lipinski definition) is 5. The first-order chi connectivity index (χ1) is 15.2. The van der Waals surface area contributed by atoms with Crippen LogP contribution in [0.15, 0.2) is 28.8 Å². The van der Waals surface area contributed by atoms with Crippen LogP contribution in [0.3, 0.4) is 0 Å². The van der Waals surface area contributed by atoms with Crippen LogP contribution in [-0.2, 0) is 27.7 Å². The number of carbonyl (C=O) groups excluding carboxylic acids is 1. The Balaban J connectivity index is 1.51. The van der Waals surface area contributed by atoms with Gasteiger partial charge in [-0.15, -0.1) is 0 Å². The molecule has 2 saturated heterocycles. The van der Waals surface area contributed by atoms with Gasteiger partial charge in [-0.3, -0.25) is 9.69 Å². The smallest absolute Gasteiger partial charge is 0.381 e. The van der Waals surface area contributed by atoms with Crippen molar-refractivity contribution in [3.8, 4) is 0 Å². The standard InChI is InChI=1S/C23H28F3N3O3/c1-16-20(17(2)32-27-16)15-28-8-10-29(11-9-28)21(30)22(6-12-31-13-7-22)18-4-3-5-19(14-18)23(24,25)26/h3-5,14H,6-13,15H2,1-2H3. The van der Waals surface area contributed by atoms with Crippen molar-refractivity contribution in [2.24, 2.45) is 0 Å². The summed E-state index contributed by atoms with van der Waals surface area (Å²) in [7, 11) is 0. The quantitative estimate of drug-likeness (QED) is 0.710. The number of aryl methyl sites for hydroxylation is 2. The average molecular weight is 451 g/mol. The van der Waals surface area contributed by atoms with Crippen molar-refractivity contribution in [2.75, 3.05) is 39.4 Å². The summed E-state index contributed by atoms with van der Waals surface area (Å²) < 4.78 is 50.7. The van der Waals surface area contributed by atoms with E-state index in [1.807, 2.05) is 13.8 Å². The Kier molecular flexibility index (Phi) is 6.31. The van der Waals surface area contributed by atoms with E-state index < -0.39 is 17.2 Å². The predicted octanol–water partition coefficient (Wildman–Crippen LogP) is 3.70. The van der Waals surface area contributed by atoms with Crippen LogP contribution in [0.4, 0.5) is 13.2 Å². The molecule has 4 rings (SSSR count). The summed E-state index contributed by atoms with van der Waals surface area (Å²) in [6, 6.07) is 5.22. The van der Waals surface area contributed by atoms with E-state index in [9.17, 15) is 18.0 Å². The SMILES string of the molecule is Cc1noc(C)c1CN1CCN(C(=O)C2(c3cccc(C(F)(F)F)c3)CCOCC2)CC1. The monoisotopic (exact) mass is 451 g/mol. The van der Waals surface area contributed by atoms with Crippen molar-refractivity contribution in [1.29, 1.82) is 0 Å². The fraction of sp³-hybridized carbons (Fsp3) is 0.565. The molecule has 0 radical (unpaired) electrons. The summed E-state index contributed by atoms with van der Waals surface area (Å²) in [5.74, 6) is 0.698. The average Bonchev–Trinajstić information content (AvgIpc) is 3.11. The first kappa shape index (κ1) is 22.8. The second-order valence-electron chi connectivity index (χ2n) is 8.64. The third-order valence-electron chi connectivity index (χ3n) is 6.72. The Hall–Kier alpha value is -2.39. The number of alkyl halides is 3. The first-order valence-corrected chi connectivity index (χ1v) is 10.9. The Morgan fingerprint density at radius 3 is 2.41 bits per heavy atom. The molecule has 2 aromatic rings. The number of rotatable bonds is 4. The van der Waals surface area contributed by atoms with E-state index in [0.29, 0.717) is 64.3 Å². The second-order valence-corrected chi connectivity index (χ2v) is 8.64. The number of nitrogens with zero attached hydrogens (tertiary/aromatic N) is 3. The summed E-state index contributed by atoms with van der Waals surface area (Å²) in [5.41, 5.74) is 0.654. The Labute approximate surface area is 185 Å². The van der Waals surface area contributed by atoms with Gasteiger partial charge in [0.25, 0.3) is 0 Å². The third kappa shape index (κ3) is 4.41. The topological polar surface area (TPSA) is 58.8 Å². The molecule has 2 aliphatic rings. The fourth-order valence-corrected chi connectivity index (χ4v) is 4.70. The molecule has 1 aromatic carbocycles. The molecule has 2 aliphatic heterocycles. The molecule has 32 heavy (non-hydrogen) atoms. The van der Waals surface area contributed by atoms with E-state index in [-0.39, 0.29) is 5.91 Å². The zero-order chi connectivity index (χ0) is 22.9. The highest BCUT2D eigenvalue weighted by Crippen LogP contribution is 2.39. The van der Waals surface area contributed by atoms with Gasteiger partial charge < -0.3 is 14.2 Å². The number of benzene rings is 1. The number of carbonyl (C=O) groups is 1. The summed E-state index contributed by atoms with van der Waals surface area (Å²) in [6.07, 6.45) is -3.69. The van der Waals surface area contributed by atoms with Gasteiger partial charge in [-0.2, -0.15) is 13.2 Å². The first-order valence-electron chi connectivity index (χ1n) is 10.9. The van der Waals surface area contributed by atoms with Crippen LogP contribution in [0, 0.1) is 13.8 Å². The lowest BCUT2D eigenvalue weighted by Gasteiger charge is -2.43. The highest BCUT2D eigenvalue weighted by Gasteiger charge is 2.45. The van der Waals surface area contributed by atoms with E-state index in [2.05, 4.69) is 10.1 Å². The minimum Gasteiger partial charge on any atom is -0.381 e. The van der Waals surface area contributed by atoms with Crippen LogP contribution >= 0.6 is 0 Å². The molecule has 1 amide bonds. The fourth-order valence-electron chi connectivity index (χ4n) is 4.70. The maximum atomic E-state index is 13.7. The number of ether oxygens (including phenoxy) is 1. The molecule has 0 bridgehead atoms. The molecular formula is C23H28F3N3O3. The van der Waals surface area contributed by atoms with Gasteiger partial charge in [0, 0.05) is 51.5 Å². The molecule has 0 atom stereocenters. The maximum Gasteiger partial charge on any atom is 0.416 e. The third-order valence-corrected chi connectivity index (χ3v) is 6.72. The van der Waals surface area contributed by atoms with Gasteiger partial charge in [0.05, 0.1) is 16.7 Å². The summed E-state index contributed by atoms with van der Waals surface area (Å²) in [5, 5.41) is 3.99. The van der Waals surface area contributed by atoms with E-state index in [1.165, 1.54) is 6.07 Å². The Morgan fingerprint density at radius 1 is 1.12 bits per heavy atom. The molecule has 0 saturated carbocycles. The molecule has 9 heteroatoms. The predicted molar refractivity (Wildman–Crippen MR) is 111 cm³/mol. The van der Waals surface area contributed by atoms with Crippen molar-refractivity contribution >= 4 is 5.91 Å². The number of halogens is 3. The van der Waals surface area contributed by atoms with Crippen molar-refractivity contribution in [3.05, 3.63) is 52.4 Å². The molecule has 2 fully saturated rings. The Morgan fingerprint density at radius 2 is 1.81 bits per heavy atom. The van der Waals surface area contributed by atoms with Crippen LogP contribution in [0.2, 0.25) is 0 Å². The van der Waals surface area contributed by atoms with Crippen LogP contribution in [0.1, 0.15) is 41.0 Å². The summed E-state index contributed by atoms with van der Waals surface area (Å²) >= 11 is 0. The van der Waals surface area contributed by atoms with Crippen LogP contribution in [0.25, 0.3) is 0 Å². The van der Waals surface area contributed by atoms with E-state index in [4.69, 9.17) is 9.26 Å². The number of amides is 1. The Bertz CT molecular complexity index is 939.